The van der Waals surface area contributed by atoms with Gasteiger partial charge in [0.15, 0.2) is 0 Å². The van der Waals surface area contributed by atoms with Crippen LogP contribution in [0.4, 0.5) is 0 Å². The van der Waals surface area contributed by atoms with Gasteiger partial charge in [-0.25, -0.2) is 0 Å². The first-order valence-electron chi connectivity index (χ1n) is 7.73. The summed E-state index contributed by atoms with van der Waals surface area (Å²) in [5.74, 6) is 0.311. The zero-order valence-corrected chi connectivity index (χ0v) is 13.8. The molecule has 0 atom stereocenters. The van der Waals surface area contributed by atoms with Crippen LogP contribution in [0.5, 0.6) is 5.75 Å². The number of nitrogens with one attached hydrogen (secondary N) is 2. The van der Waals surface area contributed by atoms with Gasteiger partial charge in [0.05, 0.1) is 12.7 Å². The molecule has 2 amide bonds. The molecule has 0 aliphatic heterocycles. The molecular formula is C18H21N3O3. The summed E-state index contributed by atoms with van der Waals surface area (Å²) in [5, 5.41) is 5.61. The number of pyridine rings is 1. The van der Waals surface area contributed by atoms with E-state index in [9.17, 15) is 9.59 Å². The molecule has 0 spiro atoms. The van der Waals surface area contributed by atoms with E-state index in [4.69, 9.17) is 4.74 Å². The molecule has 6 nitrogen and oxygen atoms in total. The van der Waals surface area contributed by atoms with Crippen molar-refractivity contribution in [3.8, 4) is 5.75 Å². The van der Waals surface area contributed by atoms with Crippen LogP contribution >= 0.6 is 0 Å². The van der Waals surface area contributed by atoms with Gasteiger partial charge in [-0.05, 0) is 43.7 Å². The number of aromatic nitrogens is 1. The second-order valence-corrected chi connectivity index (χ2v) is 5.29. The summed E-state index contributed by atoms with van der Waals surface area (Å²) >= 11 is 0. The third-order valence-electron chi connectivity index (χ3n) is 3.43. The summed E-state index contributed by atoms with van der Waals surface area (Å²) in [6.07, 6.45) is 2.19. The highest BCUT2D eigenvalue weighted by molar-refractivity contribution is 5.94. The fourth-order valence-electron chi connectivity index (χ4n) is 2.06. The molecular weight excluding hydrogens is 306 g/mol. The van der Waals surface area contributed by atoms with Gasteiger partial charge in [0.1, 0.15) is 5.75 Å². The number of nitrogens with zero attached hydrogens (tertiary/aromatic N) is 1. The lowest BCUT2D eigenvalue weighted by atomic mass is 10.2. The quantitative estimate of drug-likeness (QED) is 0.762. The highest BCUT2D eigenvalue weighted by Gasteiger charge is 2.07. The number of aryl methyl sites for hydroxylation is 1. The van der Waals surface area contributed by atoms with Crippen molar-refractivity contribution in [1.82, 2.24) is 15.6 Å². The van der Waals surface area contributed by atoms with Crippen LogP contribution in [0.2, 0.25) is 0 Å². The molecule has 0 saturated heterocycles. The van der Waals surface area contributed by atoms with Crippen LogP contribution in [0, 0.1) is 6.92 Å². The van der Waals surface area contributed by atoms with Crippen LogP contribution < -0.4 is 15.4 Å². The lowest BCUT2D eigenvalue weighted by Gasteiger charge is -2.08. The van der Waals surface area contributed by atoms with Gasteiger partial charge in [-0.15, -0.1) is 0 Å². The standard InChI is InChI=1S/C18H21N3O3/c1-13-7-8-15(12-21-13)18(23)20-10-4-9-19-17(22)14-5-3-6-16(11-14)24-2/h3,5-8,11-12H,4,9-10H2,1-2H3,(H,19,22)(H,20,23). The number of amides is 2. The van der Waals surface area contributed by atoms with Crippen molar-refractivity contribution in [2.24, 2.45) is 0 Å². The number of hydrogen-bond donors (Lipinski definition) is 2. The van der Waals surface area contributed by atoms with Gasteiger partial charge in [0.25, 0.3) is 11.8 Å². The number of benzene rings is 1. The first-order chi connectivity index (χ1) is 11.6. The largest absolute Gasteiger partial charge is 0.497 e. The Hall–Kier alpha value is -2.89. The van der Waals surface area contributed by atoms with E-state index in [2.05, 4.69) is 15.6 Å². The topological polar surface area (TPSA) is 80.3 Å². The van der Waals surface area contributed by atoms with E-state index in [1.807, 2.05) is 6.92 Å². The minimum atomic E-state index is -0.165. The Morgan fingerprint density at radius 1 is 1.04 bits per heavy atom. The number of hydrogen-bond acceptors (Lipinski definition) is 4. The Morgan fingerprint density at radius 3 is 2.38 bits per heavy atom. The van der Waals surface area contributed by atoms with Crippen molar-refractivity contribution in [1.29, 1.82) is 0 Å². The van der Waals surface area contributed by atoms with Gasteiger partial charge in [0.2, 0.25) is 0 Å². The third kappa shape index (κ3) is 5.08. The molecule has 2 rings (SSSR count). The molecule has 1 aromatic heterocycles. The molecule has 0 radical (unpaired) electrons. The lowest BCUT2D eigenvalue weighted by molar-refractivity contribution is 0.0951. The number of ether oxygens (including phenoxy) is 1. The molecule has 0 fully saturated rings. The molecule has 126 valence electrons. The Morgan fingerprint density at radius 2 is 1.75 bits per heavy atom. The normalized spacial score (nSPS) is 10.1. The van der Waals surface area contributed by atoms with Crippen molar-refractivity contribution in [2.75, 3.05) is 20.2 Å². The van der Waals surface area contributed by atoms with Crippen molar-refractivity contribution >= 4 is 11.8 Å². The average Bonchev–Trinajstić information content (AvgIpc) is 2.61. The van der Waals surface area contributed by atoms with E-state index in [0.29, 0.717) is 36.4 Å². The molecule has 1 heterocycles. The Labute approximate surface area is 141 Å². The first kappa shape index (κ1) is 17.5. The van der Waals surface area contributed by atoms with Gasteiger partial charge >= 0.3 is 0 Å². The van der Waals surface area contributed by atoms with E-state index in [-0.39, 0.29) is 11.8 Å². The van der Waals surface area contributed by atoms with E-state index < -0.39 is 0 Å². The fourth-order valence-corrected chi connectivity index (χ4v) is 2.06. The van der Waals surface area contributed by atoms with E-state index in [1.54, 1.807) is 49.7 Å². The van der Waals surface area contributed by atoms with Crippen LogP contribution in [0.15, 0.2) is 42.6 Å². The Balaban J connectivity index is 1.70. The van der Waals surface area contributed by atoms with Crippen LogP contribution in [0.25, 0.3) is 0 Å². The van der Waals surface area contributed by atoms with E-state index in [0.717, 1.165) is 5.69 Å². The molecule has 0 aliphatic carbocycles. The first-order valence-corrected chi connectivity index (χ1v) is 7.73. The van der Waals surface area contributed by atoms with Gasteiger partial charge in [-0.3, -0.25) is 14.6 Å². The zero-order chi connectivity index (χ0) is 17.4. The number of rotatable bonds is 7. The molecule has 2 N–H and O–H groups in total. The second-order valence-electron chi connectivity index (χ2n) is 5.29. The maximum Gasteiger partial charge on any atom is 0.252 e. The predicted octanol–water partition coefficient (Wildman–Crippen LogP) is 1.95. The SMILES string of the molecule is COc1cccc(C(=O)NCCCNC(=O)c2ccc(C)nc2)c1. The van der Waals surface area contributed by atoms with Crippen LogP contribution in [-0.2, 0) is 0 Å². The highest BCUT2D eigenvalue weighted by Crippen LogP contribution is 2.12. The number of carbonyl (C=O) groups is 2. The summed E-state index contributed by atoms with van der Waals surface area (Å²) in [7, 11) is 1.56. The predicted molar refractivity (Wildman–Crippen MR) is 91.3 cm³/mol. The Kier molecular flexibility index (Phi) is 6.31. The number of methoxy groups -OCH3 is 1. The molecule has 0 saturated carbocycles. The van der Waals surface area contributed by atoms with E-state index >= 15 is 0 Å². The number of carbonyl (C=O) groups excluding carboxylic acids is 2. The minimum absolute atomic E-state index is 0.164. The maximum atomic E-state index is 12.0. The second kappa shape index (κ2) is 8.67. The zero-order valence-electron chi connectivity index (χ0n) is 13.8. The summed E-state index contributed by atoms with van der Waals surface area (Å²) < 4.78 is 5.09. The van der Waals surface area contributed by atoms with Gasteiger partial charge < -0.3 is 15.4 Å². The van der Waals surface area contributed by atoms with Crippen molar-refractivity contribution < 1.29 is 14.3 Å². The van der Waals surface area contributed by atoms with Gasteiger partial charge in [-0.1, -0.05) is 6.07 Å². The molecule has 0 bridgehead atoms. The van der Waals surface area contributed by atoms with Crippen LogP contribution in [-0.4, -0.2) is 37.0 Å². The summed E-state index contributed by atoms with van der Waals surface area (Å²) in [4.78, 5) is 28.0. The van der Waals surface area contributed by atoms with Crippen molar-refractivity contribution in [3.63, 3.8) is 0 Å². The molecule has 1 aromatic carbocycles. The van der Waals surface area contributed by atoms with E-state index in [1.165, 1.54) is 0 Å². The molecule has 0 unspecified atom stereocenters. The summed E-state index contributed by atoms with van der Waals surface area (Å²) in [6, 6.07) is 10.5. The van der Waals surface area contributed by atoms with Crippen LogP contribution in [0.3, 0.4) is 0 Å². The smallest absolute Gasteiger partial charge is 0.252 e. The molecule has 24 heavy (non-hydrogen) atoms. The maximum absolute atomic E-state index is 12.0. The van der Waals surface area contributed by atoms with Crippen LogP contribution in [0.1, 0.15) is 32.8 Å². The molecule has 0 aliphatic rings. The van der Waals surface area contributed by atoms with Crippen molar-refractivity contribution in [2.45, 2.75) is 13.3 Å². The lowest BCUT2D eigenvalue weighted by Crippen LogP contribution is -2.30. The molecule has 2 aromatic rings. The van der Waals surface area contributed by atoms with Gasteiger partial charge in [-0.2, -0.15) is 0 Å². The molecule has 6 heteroatoms. The minimum Gasteiger partial charge on any atom is -0.497 e. The fraction of sp³-hybridized carbons (Fsp3) is 0.278. The Bertz CT molecular complexity index is 699. The summed E-state index contributed by atoms with van der Waals surface area (Å²) in [6.45, 7) is 2.82. The third-order valence-corrected chi connectivity index (χ3v) is 3.43. The van der Waals surface area contributed by atoms with Crippen molar-refractivity contribution in [3.05, 3.63) is 59.4 Å². The average molecular weight is 327 g/mol. The van der Waals surface area contributed by atoms with Gasteiger partial charge in [0, 0.05) is 30.5 Å². The monoisotopic (exact) mass is 327 g/mol. The summed E-state index contributed by atoms with van der Waals surface area (Å²) in [5.41, 5.74) is 1.94. The highest BCUT2D eigenvalue weighted by atomic mass is 16.5.